The van der Waals surface area contributed by atoms with E-state index in [1.807, 2.05) is 12.1 Å². The maximum atomic E-state index is 7.17. The molecule has 0 aliphatic carbocycles. The van der Waals surface area contributed by atoms with Gasteiger partial charge in [-0.15, -0.1) is 0 Å². The first-order valence-electron chi connectivity index (χ1n) is 9.51. The Hall–Kier alpha value is -1.75. The summed E-state index contributed by atoms with van der Waals surface area (Å²) in [6, 6.07) is 33.7. The molecule has 0 saturated carbocycles. The van der Waals surface area contributed by atoms with E-state index in [1.54, 1.807) is 0 Å². The Morgan fingerprint density at radius 2 is 0.897 bits per heavy atom. The van der Waals surface area contributed by atoms with Crippen LogP contribution in [0.2, 0.25) is 0 Å². The zero-order valence-electron chi connectivity index (χ0n) is 16.4. The molecule has 3 heteroatoms. The molecule has 4 aromatic rings. The van der Waals surface area contributed by atoms with Gasteiger partial charge in [0.1, 0.15) is 0 Å². The van der Waals surface area contributed by atoms with Crippen molar-refractivity contribution in [2.75, 3.05) is 0 Å². The van der Waals surface area contributed by atoms with Crippen LogP contribution in [0.3, 0.4) is 0 Å². The van der Waals surface area contributed by atoms with Crippen LogP contribution in [0.25, 0.3) is 22.3 Å². The second kappa shape index (κ2) is 8.55. The van der Waals surface area contributed by atoms with E-state index in [1.165, 1.54) is 33.4 Å². The first-order chi connectivity index (χ1) is 14.0. The maximum absolute atomic E-state index is 7.17. The van der Waals surface area contributed by atoms with Gasteiger partial charge in [0.05, 0.1) is 0 Å². The molecule has 0 atom stereocenters. The minimum absolute atomic E-state index is 1.06. The molecule has 0 fully saturated rings. The summed E-state index contributed by atoms with van der Waals surface area (Å²) in [5.74, 6) is 0. The average molecular weight is 533 g/mol. The van der Waals surface area contributed by atoms with Gasteiger partial charge in [0.2, 0.25) is 0 Å². The molecule has 4 aromatic carbocycles. The van der Waals surface area contributed by atoms with Gasteiger partial charge in [-0.2, -0.15) is 0 Å². The molecule has 0 aromatic heterocycles. The van der Waals surface area contributed by atoms with Gasteiger partial charge >= 0.3 is 185 Å². The number of hydrogen-bond acceptors (Lipinski definition) is 0. The van der Waals surface area contributed by atoms with E-state index in [0.29, 0.717) is 0 Å². The van der Waals surface area contributed by atoms with Gasteiger partial charge in [-0.1, -0.05) is 0 Å². The van der Waals surface area contributed by atoms with Crippen molar-refractivity contribution >= 4 is 41.1 Å². The summed E-state index contributed by atoms with van der Waals surface area (Å²) in [5, 5.41) is 0. The fourth-order valence-corrected chi connectivity index (χ4v) is 9.75. The Labute approximate surface area is 184 Å². The van der Waals surface area contributed by atoms with Crippen molar-refractivity contribution in [3.05, 3.63) is 108 Å². The number of rotatable bonds is 4. The van der Waals surface area contributed by atoms with Gasteiger partial charge < -0.3 is 0 Å². The Morgan fingerprint density at radius 3 is 1.28 bits per heavy atom. The van der Waals surface area contributed by atoms with Crippen molar-refractivity contribution in [3.63, 3.8) is 0 Å². The molecule has 0 heterocycles. The van der Waals surface area contributed by atoms with Crippen molar-refractivity contribution in [1.82, 2.24) is 0 Å². The molecule has 0 saturated heterocycles. The summed E-state index contributed by atoms with van der Waals surface area (Å²) in [7, 11) is 14.3. The van der Waals surface area contributed by atoms with Crippen LogP contribution in [0.4, 0.5) is 0 Å². The van der Waals surface area contributed by atoms with E-state index in [2.05, 4.69) is 98.8 Å². The van der Waals surface area contributed by atoms with Crippen LogP contribution >= 0.6 is 17.9 Å². The standard InChI is InChI=1S/C26H22Cl2Te/c1-19-13-15-23(17-25(19)21-9-5-3-6-10-21)29(27,28)24-16-14-20(2)26(18-24)22-11-7-4-8-12-22/h3-18H,1-2H3. The van der Waals surface area contributed by atoms with Crippen molar-refractivity contribution in [3.8, 4) is 22.3 Å². The van der Waals surface area contributed by atoms with Crippen molar-refractivity contribution in [2.24, 2.45) is 0 Å². The molecular weight excluding hydrogens is 511 g/mol. The van der Waals surface area contributed by atoms with E-state index >= 15 is 0 Å². The Balaban J connectivity index is 1.80. The van der Waals surface area contributed by atoms with Gasteiger partial charge in [0, 0.05) is 0 Å². The second-order valence-electron chi connectivity index (χ2n) is 7.15. The summed E-state index contributed by atoms with van der Waals surface area (Å²) in [4.78, 5) is 0. The third-order valence-corrected chi connectivity index (χ3v) is 14.8. The Kier molecular flexibility index (Phi) is 6.05. The number of halogens is 2. The second-order valence-corrected chi connectivity index (χ2v) is 19.8. The van der Waals surface area contributed by atoms with Crippen LogP contribution in [0, 0.1) is 13.8 Å². The Morgan fingerprint density at radius 1 is 0.517 bits per heavy atom. The quantitative estimate of drug-likeness (QED) is 0.257. The van der Waals surface area contributed by atoms with Gasteiger partial charge in [-0.3, -0.25) is 0 Å². The summed E-state index contributed by atoms with van der Waals surface area (Å²) >= 11 is -3.53. The van der Waals surface area contributed by atoms with E-state index in [4.69, 9.17) is 17.9 Å². The normalized spacial score (nSPS) is 12.0. The van der Waals surface area contributed by atoms with Gasteiger partial charge in [-0.25, -0.2) is 0 Å². The molecule has 0 radical (unpaired) electrons. The number of aryl methyl sites for hydroxylation is 2. The number of benzene rings is 4. The van der Waals surface area contributed by atoms with Crippen LogP contribution in [0.15, 0.2) is 97.1 Å². The molecule has 0 unspecified atom stereocenters. The fourth-order valence-electron chi connectivity index (χ4n) is 3.51. The third kappa shape index (κ3) is 4.25. The van der Waals surface area contributed by atoms with E-state index in [-0.39, 0.29) is 0 Å². The van der Waals surface area contributed by atoms with Crippen molar-refractivity contribution in [1.29, 1.82) is 0 Å². The molecule has 0 amide bonds. The predicted octanol–water partition coefficient (Wildman–Crippen LogP) is 6.67. The summed E-state index contributed by atoms with van der Waals surface area (Å²) < 4.78 is 2.12. The molecule has 0 N–H and O–H groups in total. The summed E-state index contributed by atoms with van der Waals surface area (Å²) in [5.41, 5.74) is 7.20. The number of hydrogen-bond donors (Lipinski definition) is 0. The predicted molar refractivity (Wildman–Crippen MR) is 130 cm³/mol. The molecular formula is C26H22Cl2Te. The molecule has 0 aliphatic rings. The van der Waals surface area contributed by atoms with Crippen LogP contribution in [-0.4, -0.2) is 15.9 Å². The fraction of sp³-hybridized carbons (Fsp3) is 0.0769. The van der Waals surface area contributed by atoms with Crippen molar-refractivity contribution in [2.45, 2.75) is 13.8 Å². The molecule has 29 heavy (non-hydrogen) atoms. The molecule has 0 nitrogen and oxygen atoms in total. The molecule has 0 spiro atoms. The van der Waals surface area contributed by atoms with E-state index in [0.717, 1.165) is 7.22 Å². The van der Waals surface area contributed by atoms with Crippen LogP contribution in [0.5, 0.6) is 0 Å². The summed E-state index contributed by atoms with van der Waals surface area (Å²) in [6.07, 6.45) is 0. The summed E-state index contributed by atoms with van der Waals surface area (Å²) in [6.45, 7) is 4.26. The third-order valence-electron chi connectivity index (χ3n) is 5.18. The van der Waals surface area contributed by atoms with E-state index < -0.39 is 15.9 Å². The monoisotopic (exact) mass is 534 g/mol. The van der Waals surface area contributed by atoms with Crippen molar-refractivity contribution < 1.29 is 0 Å². The Bertz CT molecular complexity index is 1040. The first kappa shape index (κ1) is 20.5. The zero-order valence-corrected chi connectivity index (χ0v) is 20.2. The van der Waals surface area contributed by atoms with Gasteiger partial charge in [0.15, 0.2) is 0 Å². The topological polar surface area (TPSA) is 0 Å². The molecule has 0 aliphatic heterocycles. The van der Waals surface area contributed by atoms with Gasteiger partial charge in [0.25, 0.3) is 0 Å². The van der Waals surface area contributed by atoms with E-state index in [9.17, 15) is 0 Å². The average Bonchev–Trinajstić information content (AvgIpc) is 2.75. The van der Waals surface area contributed by atoms with Crippen LogP contribution in [0.1, 0.15) is 11.1 Å². The zero-order chi connectivity index (χ0) is 20.4. The van der Waals surface area contributed by atoms with Crippen LogP contribution in [-0.2, 0) is 0 Å². The molecule has 0 bridgehead atoms. The van der Waals surface area contributed by atoms with Crippen LogP contribution < -0.4 is 7.22 Å². The molecule has 4 rings (SSSR count). The minimum atomic E-state index is -3.53. The first-order valence-corrected chi connectivity index (χ1v) is 17.7. The SMILES string of the molecule is Cc1ccc([Te](Cl)(Cl)c2ccc(C)c(-c3ccccc3)c2)cc1-c1ccccc1. The molecule has 146 valence electrons. The van der Waals surface area contributed by atoms with Gasteiger partial charge in [-0.05, 0) is 0 Å².